The zero-order valence-electron chi connectivity index (χ0n) is 13.7. The molecule has 0 saturated heterocycles. The third-order valence-electron chi connectivity index (χ3n) is 3.73. The summed E-state index contributed by atoms with van der Waals surface area (Å²) in [5.74, 6) is -0.274. The molecule has 0 aliphatic heterocycles. The molecule has 3 aromatic rings. The molecular weight excluding hydrogens is 324 g/mol. The van der Waals surface area contributed by atoms with Gasteiger partial charge in [0.05, 0.1) is 12.1 Å². The Balaban J connectivity index is 1.76. The number of carbonyl (C=O) groups excluding carboxylic acids is 2. The van der Waals surface area contributed by atoms with Crippen molar-refractivity contribution >= 4 is 39.5 Å². The molecular formula is C17H18N4O2S. The van der Waals surface area contributed by atoms with E-state index in [1.54, 1.807) is 0 Å². The van der Waals surface area contributed by atoms with E-state index in [1.807, 2.05) is 48.2 Å². The maximum Gasteiger partial charge on any atom is 0.230 e. The molecule has 0 saturated carbocycles. The number of aromatic nitrogens is 2. The standard InChI is InChI=1S/C17H18N4O2S/c1-10-4-5-14(11(2)16(10)18-12(3)22)20-15(23)8-13-9-21-6-7-24-17(21)19-13/h4-7,9H,8H2,1-3H3,(H,18,22)(H,20,23). The second-order valence-corrected chi connectivity index (χ2v) is 6.53. The molecule has 7 heteroatoms. The molecule has 0 radical (unpaired) electrons. The minimum Gasteiger partial charge on any atom is -0.326 e. The molecule has 1 aromatic carbocycles. The van der Waals surface area contributed by atoms with Gasteiger partial charge >= 0.3 is 0 Å². The number of carbonyl (C=O) groups is 2. The van der Waals surface area contributed by atoms with Gasteiger partial charge in [0.15, 0.2) is 4.96 Å². The molecule has 124 valence electrons. The first-order valence-corrected chi connectivity index (χ1v) is 8.40. The second-order valence-electron chi connectivity index (χ2n) is 5.66. The third kappa shape index (κ3) is 3.30. The Morgan fingerprint density at radius 2 is 2.04 bits per heavy atom. The van der Waals surface area contributed by atoms with Crippen molar-refractivity contribution in [2.75, 3.05) is 10.6 Å². The third-order valence-corrected chi connectivity index (χ3v) is 4.50. The normalized spacial score (nSPS) is 10.8. The average Bonchev–Trinajstić information content (AvgIpc) is 3.07. The SMILES string of the molecule is CC(=O)Nc1c(C)ccc(NC(=O)Cc2cn3ccsc3n2)c1C. The van der Waals surface area contributed by atoms with Gasteiger partial charge in [-0.2, -0.15) is 0 Å². The molecule has 6 nitrogen and oxygen atoms in total. The van der Waals surface area contributed by atoms with E-state index in [2.05, 4.69) is 15.6 Å². The summed E-state index contributed by atoms with van der Waals surface area (Å²) in [5.41, 5.74) is 3.95. The van der Waals surface area contributed by atoms with Crippen molar-refractivity contribution in [1.29, 1.82) is 0 Å². The lowest BCUT2D eigenvalue weighted by molar-refractivity contribution is -0.116. The van der Waals surface area contributed by atoms with Gasteiger partial charge in [0, 0.05) is 36.1 Å². The Bertz CT molecular complexity index is 897. The topological polar surface area (TPSA) is 75.5 Å². The van der Waals surface area contributed by atoms with Gasteiger partial charge in [-0.25, -0.2) is 4.98 Å². The van der Waals surface area contributed by atoms with Crippen LogP contribution in [0, 0.1) is 13.8 Å². The zero-order valence-corrected chi connectivity index (χ0v) is 14.5. The number of rotatable bonds is 4. The van der Waals surface area contributed by atoms with E-state index in [1.165, 1.54) is 18.3 Å². The lowest BCUT2D eigenvalue weighted by Gasteiger charge is -2.15. The Morgan fingerprint density at radius 1 is 1.25 bits per heavy atom. The first kappa shape index (κ1) is 16.2. The molecule has 0 bridgehead atoms. The van der Waals surface area contributed by atoms with E-state index in [4.69, 9.17) is 0 Å². The number of hydrogen-bond acceptors (Lipinski definition) is 4. The fourth-order valence-electron chi connectivity index (χ4n) is 2.57. The molecule has 2 heterocycles. The van der Waals surface area contributed by atoms with Gasteiger partial charge in [0.25, 0.3) is 0 Å². The highest BCUT2D eigenvalue weighted by molar-refractivity contribution is 7.15. The van der Waals surface area contributed by atoms with Crippen molar-refractivity contribution in [3.8, 4) is 0 Å². The van der Waals surface area contributed by atoms with Crippen LogP contribution in [0.1, 0.15) is 23.7 Å². The smallest absolute Gasteiger partial charge is 0.230 e. The maximum atomic E-state index is 12.3. The largest absolute Gasteiger partial charge is 0.326 e. The molecule has 0 aliphatic rings. The van der Waals surface area contributed by atoms with Gasteiger partial charge in [0.2, 0.25) is 11.8 Å². The molecule has 2 N–H and O–H groups in total. The molecule has 0 unspecified atom stereocenters. The molecule has 0 atom stereocenters. The number of nitrogens with one attached hydrogen (secondary N) is 2. The Kier molecular flexibility index (Phi) is 4.35. The Morgan fingerprint density at radius 3 is 2.75 bits per heavy atom. The van der Waals surface area contributed by atoms with Crippen LogP contribution in [0.5, 0.6) is 0 Å². The van der Waals surface area contributed by atoms with Crippen LogP contribution in [-0.4, -0.2) is 21.2 Å². The molecule has 3 rings (SSSR count). The summed E-state index contributed by atoms with van der Waals surface area (Å²) in [5, 5.41) is 7.66. The van der Waals surface area contributed by atoms with E-state index in [0.29, 0.717) is 5.69 Å². The van der Waals surface area contributed by atoms with Gasteiger partial charge in [0.1, 0.15) is 0 Å². The van der Waals surface area contributed by atoms with Crippen LogP contribution >= 0.6 is 11.3 Å². The van der Waals surface area contributed by atoms with Crippen LogP contribution in [0.15, 0.2) is 29.9 Å². The summed E-state index contributed by atoms with van der Waals surface area (Å²) in [4.78, 5) is 28.9. The van der Waals surface area contributed by atoms with Crippen molar-refractivity contribution in [1.82, 2.24) is 9.38 Å². The van der Waals surface area contributed by atoms with E-state index < -0.39 is 0 Å². The van der Waals surface area contributed by atoms with Gasteiger partial charge in [-0.05, 0) is 31.0 Å². The van der Waals surface area contributed by atoms with Crippen LogP contribution in [0.25, 0.3) is 4.96 Å². The van der Waals surface area contributed by atoms with Crippen molar-refractivity contribution in [2.24, 2.45) is 0 Å². The van der Waals surface area contributed by atoms with Gasteiger partial charge in [-0.3, -0.25) is 14.0 Å². The Hall–Kier alpha value is -2.67. The minimum absolute atomic E-state index is 0.136. The minimum atomic E-state index is -0.138. The Labute approximate surface area is 143 Å². The summed E-state index contributed by atoms with van der Waals surface area (Å²) in [6.07, 6.45) is 3.98. The number of thiazole rings is 1. The van der Waals surface area contributed by atoms with E-state index in [-0.39, 0.29) is 18.2 Å². The van der Waals surface area contributed by atoms with Crippen molar-refractivity contribution < 1.29 is 9.59 Å². The molecule has 0 fully saturated rings. The highest BCUT2D eigenvalue weighted by atomic mass is 32.1. The number of amides is 2. The first-order valence-electron chi connectivity index (χ1n) is 7.53. The second kappa shape index (κ2) is 6.45. The molecule has 0 aliphatic carbocycles. The number of imidazole rings is 1. The van der Waals surface area contributed by atoms with Crippen LogP contribution < -0.4 is 10.6 Å². The average molecular weight is 342 g/mol. The van der Waals surface area contributed by atoms with Gasteiger partial charge in [-0.15, -0.1) is 11.3 Å². The molecule has 0 spiro atoms. The molecule has 2 aromatic heterocycles. The summed E-state index contributed by atoms with van der Waals surface area (Å²) in [6.45, 7) is 5.26. The predicted octanol–water partition coefficient (Wildman–Crippen LogP) is 3.15. The van der Waals surface area contributed by atoms with Crippen molar-refractivity contribution in [3.63, 3.8) is 0 Å². The number of hydrogen-bond donors (Lipinski definition) is 2. The van der Waals surface area contributed by atoms with E-state index in [9.17, 15) is 9.59 Å². The highest BCUT2D eigenvalue weighted by Gasteiger charge is 2.13. The lowest BCUT2D eigenvalue weighted by Crippen LogP contribution is -2.17. The number of nitrogens with zero attached hydrogens (tertiary/aromatic N) is 2. The fourth-order valence-corrected chi connectivity index (χ4v) is 3.29. The monoisotopic (exact) mass is 342 g/mol. The highest BCUT2D eigenvalue weighted by Crippen LogP contribution is 2.27. The van der Waals surface area contributed by atoms with Crippen LogP contribution in [0.3, 0.4) is 0 Å². The summed E-state index contributed by atoms with van der Waals surface area (Å²) >= 11 is 1.53. The first-order chi connectivity index (χ1) is 11.4. The zero-order chi connectivity index (χ0) is 17.3. The van der Waals surface area contributed by atoms with Gasteiger partial charge < -0.3 is 10.6 Å². The number of aryl methyl sites for hydroxylation is 1. The summed E-state index contributed by atoms with van der Waals surface area (Å²) in [6, 6.07) is 3.72. The van der Waals surface area contributed by atoms with Crippen molar-refractivity contribution in [3.05, 3.63) is 46.7 Å². The van der Waals surface area contributed by atoms with Crippen LogP contribution in [0.2, 0.25) is 0 Å². The summed E-state index contributed by atoms with van der Waals surface area (Å²) in [7, 11) is 0. The van der Waals surface area contributed by atoms with Gasteiger partial charge in [-0.1, -0.05) is 6.07 Å². The van der Waals surface area contributed by atoms with Crippen LogP contribution in [-0.2, 0) is 16.0 Å². The lowest BCUT2D eigenvalue weighted by atomic mass is 10.1. The maximum absolute atomic E-state index is 12.3. The fraction of sp³-hybridized carbons (Fsp3) is 0.235. The molecule has 2 amide bonds. The molecule has 24 heavy (non-hydrogen) atoms. The van der Waals surface area contributed by atoms with Crippen molar-refractivity contribution in [2.45, 2.75) is 27.2 Å². The predicted molar refractivity (Wildman–Crippen MR) is 95.6 cm³/mol. The summed E-state index contributed by atoms with van der Waals surface area (Å²) < 4.78 is 1.90. The quantitative estimate of drug-likeness (QED) is 0.765. The van der Waals surface area contributed by atoms with E-state index >= 15 is 0 Å². The number of fused-ring (bicyclic) bond motifs is 1. The van der Waals surface area contributed by atoms with E-state index in [0.717, 1.165) is 27.5 Å². The number of benzene rings is 1. The number of anilines is 2. The van der Waals surface area contributed by atoms with Crippen LogP contribution in [0.4, 0.5) is 11.4 Å².